The second kappa shape index (κ2) is 9.21. The van der Waals surface area contributed by atoms with Crippen molar-refractivity contribution in [1.29, 1.82) is 0 Å². The highest BCUT2D eigenvalue weighted by atomic mass is 32.2. The molecule has 0 saturated carbocycles. The van der Waals surface area contributed by atoms with Crippen molar-refractivity contribution in [2.45, 2.75) is 44.4 Å². The van der Waals surface area contributed by atoms with E-state index in [1.54, 1.807) is 36.4 Å². The number of hydrogen-bond acceptors (Lipinski definition) is 4. The second-order valence-corrected chi connectivity index (χ2v) is 9.19. The highest BCUT2D eigenvalue weighted by Crippen LogP contribution is 2.23. The van der Waals surface area contributed by atoms with Crippen LogP contribution in [0.2, 0.25) is 0 Å². The molecule has 0 radical (unpaired) electrons. The van der Waals surface area contributed by atoms with Crippen molar-refractivity contribution < 1.29 is 17.9 Å². The van der Waals surface area contributed by atoms with Crippen molar-refractivity contribution in [3.63, 3.8) is 0 Å². The Morgan fingerprint density at radius 1 is 1.00 bits per heavy atom. The van der Waals surface area contributed by atoms with E-state index in [-0.39, 0.29) is 29.2 Å². The zero-order chi connectivity index (χ0) is 20.8. The molecule has 0 saturated heterocycles. The van der Waals surface area contributed by atoms with Gasteiger partial charge in [0.15, 0.2) is 0 Å². The van der Waals surface area contributed by atoms with Gasteiger partial charge in [-0.15, -0.1) is 0 Å². The zero-order valence-electron chi connectivity index (χ0n) is 16.8. The Hall–Kier alpha value is -2.38. The molecule has 2 rings (SSSR count). The van der Waals surface area contributed by atoms with Crippen LogP contribution in [0.1, 0.15) is 39.7 Å². The number of anilines is 1. The first kappa shape index (κ1) is 21.9. The van der Waals surface area contributed by atoms with Crippen molar-refractivity contribution in [1.82, 2.24) is 4.72 Å². The van der Waals surface area contributed by atoms with Crippen molar-refractivity contribution in [3.05, 3.63) is 54.1 Å². The average Bonchev–Trinajstić information content (AvgIpc) is 2.63. The molecule has 0 aliphatic heterocycles. The summed E-state index contributed by atoms with van der Waals surface area (Å²) in [6.45, 7) is 8.69. The highest BCUT2D eigenvalue weighted by molar-refractivity contribution is 7.89. The fourth-order valence-corrected chi connectivity index (χ4v) is 3.57. The van der Waals surface area contributed by atoms with Gasteiger partial charge in [-0.25, -0.2) is 13.1 Å². The van der Waals surface area contributed by atoms with Gasteiger partial charge in [0.05, 0.1) is 11.5 Å². The minimum Gasteiger partial charge on any atom is -0.494 e. The maximum absolute atomic E-state index is 12.4. The summed E-state index contributed by atoms with van der Waals surface area (Å²) in [6, 6.07) is 13.8. The van der Waals surface area contributed by atoms with Crippen molar-refractivity contribution >= 4 is 21.6 Å². The summed E-state index contributed by atoms with van der Waals surface area (Å²) in [4.78, 5) is 12.2. The molecule has 1 amide bonds. The van der Waals surface area contributed by atoms with Crippen LogP contribution in [0.15, 0.2) is 53.4 Å². The topological polar surface area (TPSA) is 84.5 Å². The normalized spacial score (nSPS) is 11.9. The molecule has 0 bridgehead atoms. The number of carbonyl (C=O) groups is 1. The van der Waals surface area contributed by atoms with Crippen LogP contribution in [0.3, 0.4) is 0 Å². The number of hydrogen-bond donors (Lipinski definition) is 2. The van der Waals surface area contributed by atoms with Crippen LogP contribution >= 0.6 is 0 Å². The van der Waals surface area contributed by atoms with Crippen LogP contribution < -0.4 is 14.8 Å². The Morgan fingerprint density at radius 2 is 1.61 bits per heavy atom. The molecule has 0 unspecified atom stereocenters. The summed E-state index contributed by atoms with van der Waals surface area (Å²) in [5, 5.41) is 2.73. The molecular formula is C21H28N2O4S. The van der Waals surface area contributed by atoms with E-state index in [1.165, 1.54) is 0 Å². The summed E-state index contributed by atoms with van der Waals surface area (Å²) in [5.41, 5.74) is 1.64. The molecule has 0 heterocycles. The third kappa shape index (κ3) is 6.35. The van der Waals surface area contributed by atoms with E-state index >= 15 is 0 Å². The van der Waals surface area contributed by atoms with Crippen molar-refractivity contribution in [2.75, 3.05) is 18.5 Å². The van der Waals surface area contributed by atoms with E-state index in [1.807, 2.05) is 19.1 Å². The first-order valence-electron chi connectivity index (χ1n) is 9.25. The van der Waals surface area contributed by atoms with Crippen LogP contribution in [0.5, 0.6) is 5.75 Å². The molecule has 6 nitrogen and oxygen atoms in total. The maximum atomic E-state index is 12.4. The van der Waals surface area contributed by atoms with Crippen LogP contribution in [0, 0.1) is 0 Å². The maximum Gasteiger partial charge on any atom is 0.240 e. The lowest BCUT2D eigenvalue weighted by Crippen LogP contribution is -2.28. The average molecular weight is 405 g/mol. The Bertz CT molecular complexity index is 883. The van der Waals surface area contributed by atoms with Gasteiger partial charge in [-0.3, -0.25) is 4.79 Å². The van der Waals surface area contributed by atoms with Gasteiger partial charge in [-0.1, -0.05) is 32.9 Å². The Labute approximate surface area is 167 Å². The van der Waals surface area contributed by atoms with E-state index in [4.69, 9.17) is 4.74 Å². The molecule has 2 aromatic carbocycles. The molecule has 28 heavy (non-hydrogen) atoms. The third-order valence-corrected chi connectivity index (χ3v) is 5.60. The first-order valence-corrected chi connectivity index (χ1v) is 10.7. The molecule has 0 spiro atoms. The van der Waals surface area contributed by atoms with Gasteiger partial charge >= 0.3 is 0 Å². The Morgan fingerprint density at radius 3 is 2.14 bits per heavy atom. The fourth-order valence-electron chi connectivity index (χ4n) is 2.54. The summed E-state index contributed by atoms with van der Waals surface area (Å²) in [6.07, 6.45) is 0.0342. The summed E-state index contributed by atoms with van der Waals surface area (Å²) in [7, 11) is -3.65. The number of benzene rings is 2. The summed E-state index contributed by atoms with van der Waals surface area (Å²) < 4.78 is 32.6. The van der Waals surface area contributed by atoms with Gasteiger partial charge in [0.25, 0.3) is 0 Å². The van der Waals surface area contributed by atoms with Gasteiger partial charge in [-0.05, 0) is 54.3 Å². The van der Waals surface area contributed by atoms with E-state index < -0.39 is 10.0 Å². The van der Waals surface area contributed by atoms with Gasteiger partial charge < -0.3 is 10.1 Å². The first-order chi connectivity index (χ1) is 13.1. The fraction of sp³-hybridized carbons (Fsp3) is 0.381. The smallest absolute Gasteiger partial charge is 0.240 e. The van der Waals surface area contributed by atoms with Crippen LogP contribution in [0.4, 0.5) is 5.69 Å². The molecule has 0 aliphatic rings. The number of nitrogens with one attached hydrogen (secondary N) is 2. The molecule has 0 aromatic heterocycles. The van der Waals surface area contributed by atoms with Crippen LogP contribution in [0.25, 0.3) is 0 Å². The predicted octanol–water partition coefficient (Wildman–Crippen LogP) is 3.69. The number of ether oxygens (including phenoxy) is 1. The molecule has 152 valence electrons. The number of rotatable bonds is 8. The third-order valence-electron chi connectivity index (χ3n) is 4.12. The van der Waals surface area contributed by atoms with Crippen LogP contribution in [-0.2, 0) is 20.2 Å². The molecule has 7 heteroatoms. The summed E-state index contributed by atoms with van der Waals surface area (Å²) in [5.74, 6) is 0.459. The van der Waals surface area contributed by atoms with Gasteiger partial charge in [-0.2, -0.15) is 0 Å². The van der Waals surface area contributed by atoms with Gasteiger partial charge in [0.2, 0.25) is 15.9 Å². The SMILES string of the molecule is CCOc1ccc(NC(=O)CCNS(=O)(=O)c2ccc(C(C)(C)C)cc2)cc1. The lowest BCUT2D eigenvalue weighted by atomic mass is 9.87. The monoisotopic (exact) mass is 404 g/mol. The molecule has 0 aliphatic carbocycles. The number of sulfonamides is 1. The Kier molecular flexibility index (Phi) is 7.21. The van der Waals surface area contributed by atoms with E-state index in [2.05, 4.69) is 30.8 Å². The highest BCUT2D eigenvalue weighted by Gasteiger charge is 2.17. The lowest BCUT2D eigenvalue weighted by Gasteiger charge is -2.19. The molecule has 2 aromatic rings. The molecule has 2 N–H and O–H groups in total. The zero-order valence-corrected chi connectivity index (χ0v) is 17.6. The minimum absolute atomic E-state index is 0.0201. The van der Waals surface area contributed by atoms with Crippen LogP contribution in [-0.4, -0.2) is 27.5 Å². The second-order valence-electron chi connectivity index (χ2n) is 7.43. The quantitative estimate of drug-likeness (QED) is 0.703. The minimum atomic E-state index is -3.65. The molecular weight excluding hydrogens is 376 g/mol. The standard InChI is InChI=1S/C21H28N2O4S/c1-5-27-18-10-8-17(9-11-18)23-20(24)14-15-22-28(25,26)19-12-6-16(7-13-19)21(2,3)4/h6-13,22H,5,14-15H2,1-4H3,(H,23,24). The summed E-state index contributed by atoms with van der Waals surface area (Å²) >= 11 is 0. The van der Waals surface area contributed by atoms with Crippen molar-refractivity contribution in [3.8, 4) is 5.75 Å². The van der Waals surface area contributed by atoms with E-state index in [9.17, 15) is 13.2 Å². The molecule has 0 atom stereocenters. The number of amides is 1. The lowest BCUT2D eigenvalue weighted by molar-refractivity contribution is -0.116. The predicted molar refractivity (Wildman–Crippen MR) is 111 cm³/mol. The largest absolute Gasteiger partial charge is 0.494 e. The van der Waals surface area contributed by atoms with Gasteiger partial charge in [0, 0.05) is 18.7 Å². The van der Waals surface area contributed by atoms with E-state index in [0.29, 0.717) is 12.3 Å². The van der Waals surface area contributed by atoms with Crippen molar-refractivity contribution in [2.24, 2.45) is 0 Å². The van der Waals surface area contributed by atoms with Gasteiger partial charge in [0.1, 0.15) is 5.75 Å². The Balaban J connectivity index is 1.86. The number of carbonyl (C=O) groups excluding carboxylic acids is 1. The molecule has 0 fully saturated rings. The van der Waals surface area contributed by atoms with E-state index in [0.717, 1.165) is 11.3 Å².